The lowest BCUT2D eigenvalue weighted by Crippen LogP contribution is -2.59. The average molecular weight is 298 g/mol. The van der Waals surface area contributed by atoms with E-state index >= 15 is 0 Å². The second kappa shape index (κ2) is 9.37. The summed E-state index contributed by atoms with van der Waals surface area (Å²) in [5, 5.41) is 11.6. The van der Waals surface area contributed by atoms with Crippen molar-refractivity contribution in [3.8, 4) is 0 Å². The standard InChI is InChI=1S/C15H26N2O4/c1-2-3-4-5-6-7-8-9-14(19)17-11-13(18)16-10-12(17)15(20)21/h12H,2-11H2,1H3,(H,16,18)(H,20,21). The number of unbranched alkanes of at least 4 members (excludes halogenated alkanes) is 6. The van der Waals surface area contributed by atoms with Crippen LogP contribution in [-0.2, 0) is 14.4 Å². The van der Waals surface area contributed by atoms with Crippen LogP contribution in [0.25, 0.3) is 0 Å². The Hall–Kier alpha value is -1.59. The molecule has 1 rings (SSSR count). The molecule has 0 saturated carbocycles. The molecular weight excluding hydrogens is 272 g/mol. The van der Waals surface area contributed by atoms with Gasteiger partial charge in [-0.15, -0.1) is 0 Å². The Labute approximate surface area is 125 Å². The highest BCUT2D eigenvalue weighted by molar-refractivity contribution is 5.91. The van der Waals surface area contributed by atoms with Gasteiger partial charge in [0.2, 0.25) is 11.8 Å². The fraction of sp³-hybridized carbons (Fsp3) is 0.800. The van der Waals surface area contributed by atoms with Gasteiger partial charge in [-0.05, 0) is 6.42 Å². The van der Waals surface area contributed by atoms with E-state index in [9.17, 15) is 14.4 Å². The number of hydrogen-bond acceptors (Lipinski definition) is 3. The maximum Gasteiger partial charge on any atom is 0.328 e. The zero-order valence-electron chi connectivity index (χ0n) is 12.8. The smallest absolute Gasteiger partial charge is 0.328 e. The van der Waals surface area contributed by atoms with Gasteiger partial charge in [0.05, 0.1) is 0 Å². The number of piperazine rings is 1. The Morgan fingerprint density at radius 1 is 1.19 bits per heavy atom. The summed E-state index contributed by atoms with van der Waals surface area (Å²) in [4.78, 5) is 35.7. The minimum absolute atomic E-state index is 0.00305. The lowest BCUT2D eigenvalue weighted by Gasteiger charge is -2.32. The third kappa shape index (κ3) is 6.14. The Kier molecular flexibility index (Phi) is 7.79. The molecule has 0 bridgehead atoms. The first kappa shape index (κ1) is 17.5. The number of aliphatic carboxylic acids is 1. The molecule has 2 N–H and O–H groups in total. The number of rotatable bonds is 9. The Balaban J connectivity index is 2.28. The summed E-state index contributed by atoms with van der Waals surface area (Å²) in [6, 6.07) is -0.931. The van der Waals surface area contributed by atoms with E-state index in [0.29, 0.717) is 6.42 Å². The van der Waals surface area contributed by atoms with Crippen LogP contribution in [0.15, 0.2) is 0 Å². The number of nitrogens with zero attached hydrogens (tertiary/aromatic N) is 1. The third-order valence-electron chi connectivity index (χ3n) is 3.78. The van der Waals surface area contributed by atoms with E-state index in [1.165, 1.54) is 30.6 Å². The molecule has 0 aromatic carbocycles. The Bertz CT molecular complexity index is 371. The average Bonchev–Trinajstić information content (AvgIpc) is 2.45. The van der Waals surface area contributed by atoms with Crippen LogP contribution in [0.5, 0.6) is 0 Å². The van der Waals surface area contributed by atoms with Crippen molar-refractivity contribution in [3.05, 3.63) is 0 Å². The number of amides is 2. The van der Waals surface area contributed by atoms with Crippen molar-refractivity contribution in [1.29, 1.82) is 0 Å². The third-order valence-corrected chi connectivity index (χ3v) is 3.78. The summed E-state index contributed by atoms with van der Waals surface area (Å²) in [6.07, 6.45) is 8.06. The molecule has 0 aromatic heterocycles. The number of hydrogen-bond donors (Lipinski definition) is 2. The van der Waals surface area contributed by atoms with Crippen molar-refractivity contribution in [2.24, 2.45) is 0 Å². The van der Waals surface area contributed by atoms with Crippen molar-refractivity contribution in [2.75, 3.05) is 13.1 Å². The summed E-state index contributed by atoms with van der Waals surface area (Å²) >= 11 is 0. The van der Waals surface area contributed by atoms with Gasteiger partial charge in [-0.2, -0.15) is 0 Å². The van der Waals surface area contributed by atoms with Crippen LogP contribution < -0.4 is 5.32 Å². The number of nitrogens with one attached hydrogen (secondary N) is 1. The maximum absolute atomic E-state index is 12.1. The van der Waals surface area contributed by atoms with Crippen LogP contribution in [0, 0.1) is 0 Å². The molecule has 2 amide bonds. The summed E-state index contributed by atoms with van der Waals surface area (Å²) in [7, 11) is 0. The molecule has 1 atom stereocenters. The van der Waals surface area contributed by atoms with Crippen molar-refractivity contribution < 1.29 is 19.5 Å². The van der Waals surface area contributed by atoms with Gasteiger partial charge in [-0.25, -0.2) is 4.79 Å². The van der Waals surface area contributed by atoms with Crippen LogP contribution >= 0.6 is 0 Å². The van der Waals surface area contributed by atoms with Crippen LogP contribution in [0.4, 0.5) is 0 Å². The maximum atomic E-state index is 12.1. The van der Waals surface area contributed by atoms with Gasteiger partial charge in [0.15, 0.2) is 0 Å². The van der Waals surface area contributed by atoms with Gasteiger partial charge < -0.3 is 15.3 Å². The normalized spacial score (nSPS) is 18.4. The van der Waals surface area contributed by atoms with E-state index < -0.39 is 12.0 Å². The molecule has 1 unspecified atom stereocenters. The number of carboxylic acids is 1. The van der Waals surface area contributed by atoms with Crippen LogP contribution in [0.2, 0.25) is 0 Å². The largest absolute Gasteiger partial charge is 0.480 e. The minimum atomic E-state index is -1.07. The fourth-order valence-corrected chi connectivity index (χ4v) is 2.50. The SMILES string of the molecule is CCCCCCCCCC(=O)N1CC(=O)NCC1C(=O)O. The minimum Gasteiger partial charge on any atom is -0.480 e. The van der Waals surface area contributed by atoms with Gasteiger partial charge in [0, 0.05) is 13.0 Å². The fourth-order valence-electron chi connectivity index (χ4n) is 2.50. The first-order valence-corrected chi connectivity index (χ1v) is 7.85. The molecule has 0 aliphatic carbocycles. The Morgan fingerprint density at radius 3 is 2.43 bits per heavy atom. The number of carbonyl (C=O) groups excluding carboxylic acids is 2. The molecule has 1 heterocycles. The van der Waals surface area contributed by atoms with Crippen molar-refractivity contribution in [1.82, 2.24) is 10.2 Å². The van der Waals surface area contributed by atoms with Gasteiger partial charge >= 0.3 is 5.97 Å². The first-order valence-electron chi connectivity index (χ1n) is 7.85. The van der Waals surface area contributed by atoms with E-state index in [0.717, 1.165) is 19.3 Å². The number of carbonyl (C=O) groups is 3. The topological polar surface area (TPSA) is 86.7 Å². The van der Waals surface area contributed by atoms with Gasteiger partial charge in [-0.1, -0.05) is 45.4 Å². The quantitative estimate of drug-likeness (QED) is 0.632. The predicted molar refractivity (Wildman–Crippen MR) is 78.8 cm³/mol. The van der Waals surface area contributed by atoms with Gasteiger partial charge in [0.25, 0.3) is 0 Å². The first-order chi connectivity index (χ1) is 10.1. The highest BCUT2D eigenvalue weighted by Gasteiger charge is 2.34. The van der Waals surface area contributed by atoms with Crippen molar-refractivity contribution in [3.63, 3.8) is 0 Å². The summed E-state index contributed by atoms with van der Waals surface area (Å²) in [6.45, 7) is 2.02. The second-order valence-electron chi connectivity index (χ2n) is 5.55. The molecule has 1 fully saturated rings. The van der Waals surface area contributed by atoms with Crippen molar-refractivity contribution in [2.45, 2.75) is 64.3 Å². The van der Waals surface area contributed by atoms with E-state index in [-0.39, 0.29) is 24.9 Å². The van der Waals surface area contributed by atoms with E-state index in [1.807, 2.05) is 0 Å². The van der Waals surface area contributed by atoms with Gasteiger partial charge in [0.1, 0.15) is 12.6 Å². The molecule has 21 heavy (non-hydrogen) atoms. The monoisotopic (exact) mass is 298 g/mol. The van der Waals surface area contributed by atoms with E-state index in [1.54, 1.807) is 0 Å². The second-order valence-corrected chi connectivity index (χ2v) is 5.55. The lowest BCUT2D eigenvalue weighted by atomic mass is 10.1. The summed E-state index contributed by atoms with van der Waals surface area (Å²) in [5.74, 6) is -1.59. The van der Waals surface area contributed by atoms with Crippen molar-refractivity contribution >= 4 is 17.8 Å². The van der Waals surface area contributed by atoms with Gasteiger partial charge in [-0.3, -0.25) is 9.59 Å². The molecule has 6 nitrogen and oxygen atoms in total. The molecule has 6 heteroatoms. The summed E-state index contributed by atoms with van der Waals surface area (Å²) in [5.41, 5.74) is 0. The molecule has 0 radical (unpaired) electrons. The van der Waals surface area contributed by atoms with Crippen LogP contribution in [0.3, 0.4) is 0 Å². The highest BCUT2D eigenvalue weighted by atomic mass is 16.4. The zero-order chi connectivity index (χ0) is 15.7. The Morgan fingerprint density at radius 2 is 1.81 bits per heavy atom. The molecule has 0 spiro atoms. The summed E-state index contributed by atoms with van der Waals surface area (Å²) < 4.78 is 0. The zero-order valence-corrected chi connectivity index (χ0v) is 12.8. The van der Waals surface area contributed by atoms with E-state index in [4.69, 9.17) is 5.11 Å². The van der Waals surface area contributed by atoms with E-state index in [2.05, 4.69) is 12.2 Å². The van der Waals surface area contributed by atoms with Crippen LogP contribution in [0.1, 0.15) is 58.3 Å². The highest BCUT2D eigenvalue weighted by Crippen LogP contribution is 2.12. The molecule has 120 valence electrons. The molecule has 1 aliphatic heterocycles. The molecular formula is C15H26N2O4. The lowest BCUT2D eigenvalue weighted by molar-refractivity contribution is -0.154. The number of carboxylic acid groups (broad SMARTS) is 1. The molecule has 0 aromatic rings. The molecule has 1 saturated heterocycles. The predicted octanol–water partition coefficient (Wildman–Crippen LogP) is 1.54. The molecule has 1 aliphatic rings. The van der Waals surface area contributed by atoms with Crippen LogP contribution in [-0.4, -0.2) is 46.9 Å².